The van der Waals surface area contributed by atoms with E-state index in [1.165, 1.54) is 26.2 Å². The third kappa shape index (κ3) is 5.52. The van der Waals surface area contributed by atoms with E-state index in [9.17, 15) is 18.0 Å². The molecule has 0 amide bonds. The van der Waals surface area contributed by atoms with Crippen LogP contribution in [0.25, 0.3) is 0 Å². The molecule has 0 saturated heterocycles. The van der Waals surface area contributed by atoms with Gasteiger partial charge in [0.2, 0.25) is 0 Å². The smallest absolute Gasteiger partial charge is 0.308 e. The van der Waals surface area contributed by atoms with Crippen LogP contribution in [0.1, 0.15) is 26.2 Å². The Bertz CT molecular complexity index is 729. The molecule has 1 aromatic rings. The van der Waals surface area contributed by atoms with Gasteiger partial charge in [-0.25, -0.2) is 0 Å². The molecule has 0 N–H and O–H groups in total. The third-order valence-electron chi connectivity index (χ3n) is 3.85. The number of carbonyl (C=O) groups excluding carboxylic acids is 2. The largest absolute Gasteiger partial charge is 0.469 e. The molecule has 138 valence electrons. The fourth-order valence-electron chi connectivity index (χ4n) is 2.82. The van der Waals surface area contributed by atoms with Gasteiger partial charge in [-0.1, -0.05) is 15.9 Å². The quantitative estimate of drug-likeness (QED) is 0.518. The van der Waals surface area contributed by atoms with Crippen molar-refractivity contribution in [3.05, 3.63) is 28.7 Å². The van der Waals surface area contributed by atoms with Crippen LogP contribution in [0.3, 0.4) is 0 Å². The van der Waals surface area contributed by atoms with E-state index in [2.05, 4.69) is 15.9 Å². The number of hydrogen-bond acceptors (Lipinski definition) is 7. The number of rotatable bonds is 5. The van der Waals surface area contributed by atoms with Gasteiger partial charge < -0.3 is 9.47 Å². The van der Waals surface area contributed by atoms with Gasteiger partial charge in [-0.2, -0.15) is 8.42 Å². The number of ether oxygens (including phenoxy) is 2. The number of benzene rings is 1. The van der Waals surface area contributed by atoms with Crippen LogP contribution < -0.4 is 0 Å². The molecular weight excluding hydrogens is 416 g/mol. The topological polar surface area (TPSA) is 96.0 Å². The van der Waals surface area contributed by atoms with Crippen molar-refractivity contribution in [2.45, 2.75) is 43.3 Å². The van der Waals surface area contributed by atoms with Gasteiger partial charge in [-0.15, -0.1) is 0 Å². The highest BCUT2D eigenvalue weighted by atomic mass is 79.9. The summed E-state index contributed by atoms with van der Waals surface area (Å²) in [6.45, 7) is 1.26. The summed E-state index contributed by atoms with van der Waals surface area (Å²) >= 11 is 3.24. The van der Waals surface area contributed by atoms with Crippen LogP contribution in [0.5, 0.6) is 0 Å². The summed E-state index contributed by atoms with van der Waals surface area (Å²) in [6.07, 6.45) is -0.718. The fraction of sp³-hybridized carbons (Fsp3) is 0.500. The summed E-state index contributed by atoms with van der Waals surface area (Å²) < 4.78 is 40.8. The predicted molar refractivity (Wildman–Crippen MR) is 91.1 cm³/mol. The van der Waals surface area contributed by atoms with E-state index in [1.807, 2.05) is 0 Å². The molecule has 2 rings (SSSR count). The van der Waals surface area contributed by atoms with Crippen molar-refractivity contribution in [3.63, 3.8) is 0 Å². The van der Waals surface area contributed by atoms with Crippen molar-refractivity contribution in [1.29, 1.82) is 0 Å². The monoisotopic (exact) mass is 434 g/mol. The highest BCUT2D eigenvalue weighted by Gasteiger charge is 2.38. The van der Waals surface area contributed by atoms with E-state index in [4.69, 9.17) is 13.7 Å². The van der Waals surface area contributed by atoms with Gasteiger partial charge >= 0.3 is 11.9 Å². The Hall–Kier alpha value is -1.45. The number of esters is 2. The molecule has 7 nitrogen and oxygen atoms in total. The molecule has 0 bridgehead atoms. The van der Waals surface area contributed by atoms with Crippen molar-refractivity contribution in [2.75, 3.05) is 7.11 Å². The van der Waals surface area contributed by atoms with E-state index in [-0.39, 0.29) is 24.2 Å². The van der Waals surface area contributed by atoms with Crippen molar-refractivity contribution in [2.24, 2.45) is 5.92 Å². The minimum Gasteiger partial charge on any atom is -0.469 e. The molecule has 1 fully saturated rings. The van der Waals surface area contributed by atoms with Gasteiger partial charge in [0.15, 0.2) is 0 Å². The summed E-state index contributed by atoms with van der Waals surface area (Å²) in [5, 5.41) is 0. The van der Waals surface area contributed by atoms with Crippen LogP contribution in [0, 0.1) is 5.92 Å². The van der Waals surface area contributed by atoms with E-state index < -0.39 is 40.2 Å². The van der Waals surface area contributed by atoms with Gasteiger partial charge in [0.05, 0.1) is 24.0 Å². The first-order valence-electron chi connectivity index (χ1n) is 7.65. The van der Waals surface area contributed by atoms with Crippen LogP contribution in [0.15, 0.2) is 33.6 Å². The number of methoxy groups -OCH3 is 1. The highest BCUT2D eigenvalue weighted by molar-refractivity contribution is 9.10. The average molecular weight is 435 g/mol. The second kappa shape index (κ2) is 8.29. The zero-order valence-corrected chi connectivity index (χ0v) is 16.2. The Labute approximate surface area is 154 Å². The molecule has 1 aliphatic rings. The SMILES string of the molecule is COC(=O)[C@@H]1C[C@H](OC(C)=O)C[C@H](OS(=O)(=O)c2ccc(Br)cc2)C1. The molecule has 1 saturated carbocycles. The van der Waals surface area contributed by atoms with Gasteiger partial charge in [0, 0.05) is 17.8 Å². The highest BCUT2D eigenvalue weighted by Crippen LogP contribution is 2.32. The Morgan fingerprint density at radius 2 is 1.68 bits per heavy atom. The van der Waals surface area contributed by atoms with E-state index in [1.54, 1.807) is 12.1 Å². The van der Waals surface area contributed by atoms with Crippen molar-refractivity contribution in [1.82, 2.24) is 0 Å². The molecule has 9 heteroatoms. The molecule has 0 aliphatic heterocycles. The molecule has 0 aromatic heterocycles. The molecular formula is C16H19BrO7S. The maximum Gasteiger partial charge on any atom is 0.308 e. The van der Waals surface area contributed by atoms with Crippen LogP contribution in [0.4, 0.5) is 0 Å². The maximum absolute atomic E-state index is 12.4. The molecule has 0 spiro atoms. The molecule has 1 aliphatic carbocycles. The molecule has 0 heterocycles. The summed E-state index contributed by atoms with van der Waals surface area (Å²) in [7, 11) is -2.74. The number of carbonyl (C=O) groups is 2. The standard InChI is InChI=1S/C16H19BrO7S/c1-10(18)23-13-7-11(16(19)22-2)8-14(9-13)24-25(20,21)15-5-3-12(17)4-6-15/h3-6,11,13-14H,7-9H2,1-2H3/t11-,13+,14-/m1/s1. The maximum atomic E-state index is 12.4. The van der Waals surface area contributed by atoms with Crippen LogP contribution in [-0.2, 0) is 33.4 Å². The first-order chi connectivity index (χ1) is 11.7. The lowest BCUT2D eigenvalue weighted by molar-refractivity contribution is -0.158. The van der Waals surface area contributed by atoms with Crippen LogP contribution in [-0.4, -0.2) is 39.7 Å². The lowest BCUT2D eigenvalue weighted by atomic mass is 9.85. The average Bonchev–Trinajstić information content (AvgIpc) is 2.53. The normalized spacial score (nSPS) is 23.7. The Kier molecular flexibility index (Phi) is 6.59. The van der Waals surface area contributed by atoms with Gasteiger partial charge in [-0.05, 0) is 37.1 Å². The molecule has 0 unspecified atom stereocenters. The zero-order valence-electron chi connectivity index (χ0n) is 13.8. The van der Waals surface area contributed by atoms with E-state index >= 15 is 0 Å². The molecule has 25 heavy (non-hydrogen) atoms. The van der Waals surface area contributed by atoms with Gasteiger partial charge in [0.1, 0.15) is 6.10 Å². The summed E-state index contributed by atoms with van der Waals surface area (Å²) in [5.74, 6) is -1.57. The van der Waals surface area contributed by atoms with Crippen LogP contribution >= 0.6 is 15.9 Å². The number of halogens is 1. The zero-order chi connectivity index (χ0) is 18.6. The predicted octanol–water partition coefficient (Wildman–Crippen LogP) is 2.43. The summed E-state index contributed by atoms with van der Waals surface area (Å²) in [4.78, 5) is 23.1. The summed E-state index contributed by atoms with van der Waals surface area (Å²) in [6, 6.07) is 6.03. The summed E-state index contributed by atoms with van der Waals surface area (Å²) in [5.41, 5.74) is 0. The third-order valence-corrected chi connectivity index (χ3v) is 5.76. The lowest BCUT2D eigenvalue weighted by Gasteiger charge is -2.32. The van der Waals surface area contributed by atoms with E-state index in [0.717, 1.165) is 4.47 Å². The fourth-order valence-corrected chi connectivity index (χ4v) is 4.18. The van der Waals surface area contributed by atoms with E-state index in [0.29, 0.717) is 0 Å². The van der Waals surface area contributed by atoms with Crippen molar-refractivity contribution >= 4 is 38.0 Å². The minimum absolute atomic E-state index is 0.0138. The van der Waals surface area contributed by atoms with Gasteiger partial charge in [0.25, 0.3) is 10.1 Å². The lowest BCUT2D eigenvalue weighted by Crippen LogP contribution is -2.38. The second-order valence-electron chi connectivity index (χ2n) is 5.78. The van der Waals surface area contributed by atoms with Crippen molar-refractivity contribution < 1.29 is 31.7 Å². The van der Waals surface area contributed by atoms with Gasteiger partial charge in [-0.3, -0.25) is 13.8 Å². The molecule has 0 radical (unpaired) electrons. The molecule has 3 atom stereocenters. The Morgan fingerprint density at radius 1 is 1.08 bits per heavy atom. The first kappa shape index (κ1) is 19.9. The second-order valence-corrected chi connectivity index (χ2v) is 8.27. The Balaban J connectivity index is 2.16. The number of hydrogen-bond donors (Lipinski definition) is 0. The van der Waals surface area contributed by atoms with Crippen molar-refractivity contribution in [3.8, 4) is 0 Å². The molecule has 1 aromatic carbocycles. The van der Waals surface area contributed by atoms with Crippen LogP contribution in [0.2, 0.25) is 0 Å². The Morgan fingerprint density at radius 3 is 2.24 bits per heavy atom. The minimum atomic E-state index is -4.00. The first-order valence-corrected chi connectivity index (χ1v) is 9.85.